The number of nitrogens with zero attached hydrogens (tertiary/aromatic N) is 8. The van der Waals surface area contributed by atoms with Gasteiger partial charge in [0.05, 0.1) is 52.7 Å². The summed E-state index contributed by atoms with van der Waals surface area (Å²) in [6.07, 6.45) is 12.7. The predicted octanol–water partition coefficient (Wildman–Crippen LogP) is 6.36. The number of aromatic nitrogens is 3. The number of piperazine rings is 1. The number of hydrazine groups is 1. The Morgan fingerprint density at radius 2 is 1.73 bits per heavy atom. The Labute approximate surface area is 446 Å². The Kier molecular flexibility index (Phi) is 13.9. The second-order valence-electron chi connectivity index (χ2n) is 24.7. The first kappa shape index (κ1) is 50.9. The van der Waals surface area contributed by atoms with E-state index in [-0.39, 0.29) is 66.1 Å². The van der Waals surface area contributed by atoms with Gasteiger partial charge in [-0.15, -0.1) is 11.3 Å². The van der Waals surface area contributed by atoms with E-state index in [0.29, 0.717) is 25.8 Å². The van der Waals surface area contributed by atoms with Gasteiger partial charge in [0.15, 0.2) is 0 Å². The Morgan fingerprint density at radius 3 is 2.48 bits per heavy atom. The fourth-order valence-electron chi connectivity index (χ4n) is 13.9. The molecule has 3 amide bonds. The molecule has 2 saturated carbocycles. The molecular weight excluding hydrogens is 963 g/mol. The van der Waals surface area contributed by atoms with Crippen molar-refractivity contribution in [3.63, 3.8) is 0 Å². The molecule has 4 aromatic rings. The van der Waals surface area contributed by atoms with Crippen molar-refractivity contribution < 1.29 is 23.9 Å². The number of benzene rings is 1. The van der Waals surface area contributed by atoms with Gasteiger partial charge < -0.3 is 29.7 Å². The van der Waals surface area contributed by atoms with Gasteiger partial charge in [-0.3, -0.25) is 39.0 Å². The number of aryl methyl sites for hydroxylation is 1. The van der Waals surface area contributed by atoms with Crippen LogP contribution in [0.15, 0.2) is 35.8 Å². The molecule has 7 fully saturated rings. The lowest BCUT2D eigenvalue weighted by molar-refractivity contribution is -0.155. The molecule has 3 N–H and O–H groups in total. The minimum atomic E-state index is -0.917. The molecule has 75 heavy (non-hydrogen) atoms. The molecule has 5 atom stereocenters. The van der Waals surface area contributed by atoms with E-state index in [1.54, 1.807) is 5.01 Å². The Morgan fingerprint density at radius 1 is 0.947 bits per heavy atom. The summed E-state index contributed by atoms with van der Waals surface area (Å²) in [5, 5.41) is 12.1. The van der Waals surface area contributed by atoms with E-state index in [1.165, 1.54) is 35.4 Å². The standard InChI is InChI=1S/C58H79N11O5S/c1-6-68-48-16-13-38-26-41(48)43(52(68)42-27-40(30-60-50(42)36(2)3)65-24-22-64(23-25-65)39-14-15-39)29-57(4,5)35-74-56(73)44-12-9-19-69(63-44)55(72)45(28-49-61-47(38)32-75-49)62-53(70)51(37-10-7-8-11-37)66-20-17-58(33-66)18-21-67(34-58)54(71)46-31-59-46/h13,16,26-27,30,32,36-37,39,44-46,51,59,63H,6-12,14-15,17-25,28-29,31,33-35H2,1-5H3,(H,62,70)/t44-,45-,46+,51-,58-/m0/s1. The number of fused-ring (bicyclic) bond motifs is 6. The monoisotopic (exact) mass is 1040 g/mol. The van der Waals surface area contributed by atoms with Crippen LogP contribution in [0, 0.1) is 16.7 Å². The number of pyridine rings is 1. The van der Waals surface area contributed by atoms with E-state index >= 15 is 4.79 Å². The lowest BCUT2D eigenvalue weighted by Gasteiger charge is -2.37. The van der Waals surface area contributed by atoms with Crippen molar-refractivity contribution >= 4 is 51.6 Å². The highest BCUT2D eigenvalue weighted by molar-refractivity contribution is 7.10. The maximum atomic E-state index is 15.1. The summed E-state index contributed by atoms with van der Waals surface area (Å²) < 4.78 is 8.76. The first-order valence-corrected chi connectivity index (χ1v) is 29.5. The topological polar surface area (TPSA) is 170 Å². The molecule has 1 spiro atoms. The quantitative estimate of drug-likeness (QED) is 0.119. The van der Waals surface area contributed by atoms with Crippen LogP contribution in [0.3, 0.4) is 0 Å². The van der Waals surface area contributed by atoms with Crippen molar-refractivity contribution in [2.45, 2.75) is 154 Å². The molecule has 8 aliphatic rings. The van der Waals surface area contributed by atoms with Gasteiger partial charge in [0.1, 0.15) is 12.1 Å². The SMILES string of the molecule is CCn1c(-c2cc(N3CCN(C4CC4)CC3)cnc2C(C)C)c2c3cc(ccc31)-c1csc(n1)C[C@H](NC(=O)[C@H](C1CCCC1)N1CC[C@]3(CCN(C(=O)[C@H]4CN4)C3)C1)C(=O)N1CCC[C@H](N1)C(=O)OCC(C)(C)C2. The Bertz CT molecular complexity index is 2820. The molecule has 3 aromatic heterocycles. The number of rotatable bonds is 10. The highest BCUT2D eigenvalue weighted by atomic mass is 32.1. The normalized spacial score (nSPS) is 27.4. The van der Waals surface area contributed by atoms with Crippen molar-refractivity contribution in [2.75, 3.05) is 77.0 Å². The van der Waals surface area contributed by atoms with Crippen molar-refractivity contribution in [2.24, 2.45) is 16.7 Å². The summed E-state index contributed by atoms with van der Waals surface area (Å²) in [6.45, 7) is 20.3. The van der Waals surface area contributed by atoms with Crippen LogP contribution in [0.5, 0.6) is 0 Å². The minimum absolute atomic E-state index is 0.0278. The number of hydrogen-bond donors (Lipinski definition) is 3. The summed E-state index contributed by atoms with van der Waals surface area (Å²) in [5.74, 6) is -0.209. The summed E-state index contributed by atoms with van der Waals surface area (Å²) in [6, 6.07) is 7.79. The average Bonchev–Trinajstić information content (AvgIpc) is 4.18. The van der Waals surface area contributed by atoms with Gasteiger partial charge in [0, 0.05) is 116 Å². The zero-order valence-corrected chi connectivity index (χ0v) is 45.8. The molecule has 0 radical (unpaired) electrons. The van der Waals surface area contributed by atoms with Crippen molar-refractivity contribution in [3.05, 3.63) is 52.1 Å². The molecule has 5 saturated heterocycles. The van der Waals surface area contributed by atoms with Gasteiger partial charge in [-0.05, 0) is 107 Å². The van der Waals surface area contributed by atoms with E-state index < -0.39 is 17.5 Å². The third kappa shape index (κ3) is 10.3. The van der Waals surface area contributed by atoms with Crippen molar-refractivity contribution in [1.29, 1.82) is 0 Å². The van der Waals surface area contributed by atoms with E-state index in [2.05, 4.69) is 106 Å². The summed E-state index contributed by atoms with van der Waals surface area (Å²) in [4.78, 5) is 77.5. The van der Waals surface area contributed by atoms with Gasteiger partial charge in [-0.1, -0.05) is 46.6 Å². The number of likely N-dealkylation sites (tertiary alicyclic amines) is 2. The summed E-state index contributed by atoms with van der Waals surface area (Å²) >= 11 is 1.52. The van der Waals surface area contributed by atoms with Gasteiger partial charge in [0.25, 0.3) is 5.91 Å². The van der Waals surface area contributed by atoms with Crippen LogP contribution in [0.1, 0.15) is 121 Å². The summed E-state index contributed by atoms with van der Waals surface area (Å²) in [5.41, 5.74) is 11.5. The number of ether oxygens (including phenoxy) is 1. The van der Waals surface area contributed by atoms with Crippen LogP contribution < -0.4 is 21.0 Å². The van der Waals surface area contributed by atoms with Crippen LogP contribution in [0.4, 0.5) is 5.69 Å². The molecule has 12 rings (SSSR count). The number of nitrogens with one attached hydrogen (secondary N) is 3. The molecule has 6 aliphatic heterocycles. The number of cyclic esters (lactones) is 1. The van der Waals surface area contributed by atoms with Crippen molar-refractivity contribution in [3.8, 4) is 22.5 Å². The molecule has 1 aromatic carbocycles. The fraction of sp³-hybridized carbons (Fsp3) is 0.655. The smallest absolute Gasteiger partial charge is 0.324 e. The average molecular weight is 1040 g/mol. The van der Waals surface area contributed by atoms with Crippen LogP contribution in [-0.4, -0.2) is 160 Å². The predicted molar refractivity (Wildman–Crippen MR) is 292 cm³/mol. The number of hydrogen-bond acceptors (Lipinski definition) is 13. The zero-order chi connectivity index (χ0) is 51.8. The van der Waals surface area contributed by atoms with E-state index in [4.69, 9.17) is 14.7 Å². The fourth-order valence-corrected chi connectivity index (χ4v) is 14.8. The largest absolute Gasteiger partial charge is 0.464 e. The highest BCUT2D eigenvalue weighted by Crippen LogP contribution is 2.45. The van der Waals surface area contributed by atoms with Crippen molar-refractivity contribution in [1.82, 2.24) is 50.3 Å². The van der Waals surface area contributed by atoms with Gasteiger partial charge in [-0.2, -0.15) is 0 Å². The molecule has 2 aliphatic carbocycles. The summed E-state index contributed by atoms with van der Waals surface area (Å²) in [7, 11) is 0. The molecule has 17 heteroatoms. The van der Waals surface area contributed by atoms with Crippen LogP contribution in [-0.2, 0) is 43.3 Å². The first-order valence-electron chi connectivity index (χ1n) is 28.6. The molecule has 0 unspecified atom stereocenters. The maximum Gasteiger partial charge on any atom is 0.324 e. The number of carbonyl (C=O) groups is 4. The van der Waals surface area contributed by atoms with E-state index in [9.17, 15) is 14.4 Å². The van der Waals surface area contributed by atoms with Gasteiger partial charge in [-0.25, -0.2) is 10.4 Å². The van der Waals surface area contributed by atoms with Crippen LogP contribution >= 0.6 is 11.3 Å². The van der Waals surface area contributed by atoms with Crippen LogP contribution in [0.25, 0.3) is 33.4 Å². The lowest BCUT2D eigenvalue weighted by atomic mass is 9.84. The molecule has 9 heterocycles. The third-order valence-corrected chi connectivity index (χ3v) is 19.1. The lowest BCUT2D eigenvalue weighted by Crippen LogP contribution is -2.62. The van der Waals surface area contributed by atoms with E-state index in [0.717, 1.165) is 154 Å². The van der Waals surface area contributed by atoms with Crippen LogP contribution in [0.2, 0.25) is 0 Å². The Balaban J connectivity index is 0.884. The number of thiazole rings is 1. The van der Waals surface area contributed by atoms with E-state index in [1.807, 2.05) is 4.90 Å². The number of anilines is 1. The number of carbonyl (C=O) groups excluding carboxylic acids is 4. The molecule has 6 bridgehead atoms. The molecular formula is C58H79N11O5S. The molecule has 402 valence electrons. The van der Waals surface area contributed by atoms with Gasteiger partial charge >= 0.3 is 5.97 Å². The van der Waals surface area contributed by atoms with Gasteiger partial charge in [0.2, 0.25) is 11.8 Å². The highest BCUT2D eigenvalue weighted by Gasteiger charge is 2.50. The molecule has 16 nitrogen and oxygen atoms in total. The second-order valence-corrected chi connectivity index (χ2v) is 25.6. The minimum Gasteiger partial charge on any atom is -0.464 e. The maximum absolute atomic E-state index is 15.1. The number of esters is 1. The second kappa shape index (κ2) is 20.5. The zero-order valence-electron chi connectivity index (χ0n) is 45.0. The first-order chi connectivity index (χ1) is 36.2. The Hall–Kier alpha value is -4.94. The number of amides is 3. The third-order valence-electron chi connectivity index (χ3n) is 18.2.